The summed E-state index contributed by atoms with van der Waals surface area (Å²) in [5.41, 5.74) is 4.11. The van der Waals surface area contributed by atoms with Gasteiger partial charge in [0, 0.05) is 12.1 Å². The molecule has 0 atom stereocenters. The molecule has 172 valence electrons. The number of thioether (sulfide) groups is 1. The van der Waals surface area contributed by atoms with E-state index in [-0.39, 0.29) is 17.2 Å². The number of ether oxygens (including phenoxy) is 2. The summed E-state index contributed by atoms with van der Waals surface area (Å²) in [6, 6.07) is 11.6. The highest BCUT2D eigenvalue weighted by Gasteiger charge is 2.16. The highest BCUT2D eigenvalue weighted by Crippen LogP contribution is 2.32. The molecule has 11 heteroatoms. The number of methoxy groups -OCH3 is 2. The van der Waals surface area contributed by atoms with Crippen molar-refractivity contribution in [3.05, 3.63) is 53.6 Å². The SMILES string of the molecule is CCn1c(SCC(=O)N/N=C/c2ccc(C(=O)O)cc2)nnc1-c1ccc(OC)c(OC)c1. The molecule has 0 aliphatic heterocycles. The molecule has 1 aromatic heterocycles. The summed E-state index contributed by atoms with van der Waals surface area (Å²) in [6.07, 6.45) is 1.44. The van der Waals surface area contributed by atoms with E-state index in [1.54, 1.807) is 32.4 Å². The van der Waals surface area contributed by atoms with Crippen LogP contribution in [-0.2, 0) is 11.3 Å². The van der Waals surface area contributed by atoms with Crippen LogP contribution in [0.3, 0.4) is 0 Å². The number of nitrogens with zero attached hydrogens (tertiary/aromatic N) is 4. The first-order valence-corrected chi connectivity index (χ1v) is 10.9. The van der Waals surface area contributed by atoms with Crippen LogP contribution in [0.25, 0.3) is 11.4 Å². The topological polar surface area (TPSA) is 128 Å². The van der Waals surface area contributed by atoms with Gasteiger partial charge in [0.05, 0.1) is 31.8 Å². The van der Waals surface area contributed by atoms with Crippen LogP contribution in [0.1, 0.15) is 22.8 Å². The molecule has 0 saturated carbocycles. The van der Waals surface area contributed by atoms with E-state index >= 15 is 0 Å². The zero-order chi connectivity index (χ0) is 23.8. The number of benzene rings is 2. The molecule has 0 saturated heterocycles. The van der Waals surface area contributed by atoms with Crippen LogP contribution in [0, 0.1) is 0 Å². The number of carboxylic acids is 1. The third-order valence-electron chi connectivity index (χ3n) is 4.57. The lowest BCUT2D eigenvalue weighted by molar-refractivity contribution is -0.118. The predicted octanol–water partition coefficient (Wildman–Crippen LogP) is 2.92. The lowest BCUT2D eigenvalue weighted by Crippen LogP contribution is -2.20. The summed E-state index contributed by atoms with van der Waals surface area (Å²) >= 11 is 1.25. The Kier molecular flexibility index (Phi) is 8.03. The lowest BCUT2D eigenvalue weighted by atomic mass is 10.1. The number of hydrazone groups is 1. The monoisotopic (exact) mass is 469 g/mol. The molecule has 3 aromatic rings. The van der Waals surface area contributed by atoms with Gasteiger partial charge in [-0.1, -0.05) is 23.9 Å². The van der Waals surface area contributed by atoms with E-state index in [1.165, 1.54) is 30.1 Å². The van der Waals surface area contributed by atoms with E-state index in [9.17, 15) is 9.59 Å². The molecule has 2 aromatic carbocycles. The second-order valence-corrected chi connectivity index (χ2v) is 7.57. The molecular weight excluding hydrogens is 446 g/mol. The zero-order valence-corrected chi connectivity index (χ0v) is 19.1. The molecule has 1 amide bonds. The van der Waals surface area contributed by atoms with Crippen LogP contribution >= 0.6 is 11.8 Å². The maximum absolute atomic E-state index is 12.2. The minimum absolute atomic E-state index is 0.0966. The standard InChI is InChI=1S/C22H23N5O5S/c1-4-27-20(16-9-10-17(31-2)18(11-16)32-3)25-26-22(27)33-13-19(28)24-23-12-14-5-7-15(8-6-14)21(29)30/h5-12H,4,13H2,1-3H3,(H,24,28)(H,29,30)/b23-12+. The van der Waals surface area contributed by atoms with Crippen molar-refractivity contribution in [2.75, 3.05) is 20.0 Å². The molecule has 0 spiro atoms. The molecule has 1 heterocycles. The molecule has 0 fully saturated rings. The maximum atomic E-state index is 12.2. The first-order valence-electron chi connectivity index (χ1n) is 9.90. The Morgan fingerprint density at radius 3 is 2.48 bits per heavy atom. The average Bonchev–Trinajstić information content (AvgIpc) is 3.25. The van der Waals surface area contributed by atoms with Gasteiger partial charge in [-0.05, 0) is 42.8 Å². The van der Waals surface area contributed by atoms with Crippen molar-refractivity contribution in [1.29, 1.82) is 0 Å². The molecule has 33 heavy (non-hydrogen) atoms. The molecule has 0 radical (unpaired) electrons. The van der Waals surface area contributed by atoms with Crippen molar-refractivity contribution in [2.45, 2.75) is 18.6 Å². The summed E-state index contributed by atoms with van der Waals surface area (Å²) in [4.78, 5) is 23.0. The highest BCUT2D eigenvalue weighted by atomic mass is 32.2. The number of carbonyl (C=O) groups excluding carboxylic acids is 1. The van der Waals surface area contributed by atoms with Crippen molar-refractivity contribution >= 4 is 29.9 Å². The van der Waals surface area contributed by atoms with Gasteiger partial charge < -0.3 is 19.1 Å². The van der Waals surface area contributed by atoms with Crippen molar-refractivity contribution < 1.29 is 24.2 Å². The zero-order valence-electron chi connectivity index (χ0n) is 18.3. The number of hydrogen-bond donors (Lipinski definition) is 2. The summed E-state index contributed by atoms with van der Waals surface area (Å²) in [5, 5.41) is 21.9. The number of amides is 1. The minimum Gasteiger partial charge on any atom is -0.493 e. The van der Waals surface area contributed by atoms with Gasteiger partial charge in [-0.3, -0.25) is 4.79 Å². The second kappa shape index (κ2) is 11.1. The van der Waals surface area contributed by atoms with E-state index in [2.05, 4.69) is 20.7 Å². The number of carbonyl (C=O) groups is 2. The summed E-state index contributed by atoms with van der Waals surface area (Å²) < 4.78 is 12.6. The van der Waals surface area contributed by atoms with Gasteiger partial charge in [0.25, 0.3) is 5.91 Å². The van der Waals surface area contributed by atoms with Crippen molar-refractivity contribution in [3.8, 4) is 22.9 Å². The van der Waals surface area contributed by atoms with Crippen LogP contribution in [0.5, 0.6) is 11.5 Å². The number of hydrogen-bond acceptors (Lipinski definition) is 8. The van der Waals surface area contributed by atoms with Crippen LogP contribution in [0.2, 0.25) is 0 Å². The largest absolute Gasteiger partial charge is 0.493 e. The van der Waals surface area contributed by atoms with Gasteiger partial charge >= 0.3 is 5.97 Å². The Hall–Kier alpha value is -3.86. The second-order valence-electron chi connectivity index (χ2n) is 6.63. The lowest BCUT2D eigenvalue weighted by Gasteiger charge is -2.10. The van der Waals surface area contributed by atoms with Gasteiger partial charge in [-0.15, -0.1) is 10.2 Å². The third kappa shape index (κ3) is 5.89. The summed E-state index contributed by atoms with van der Waals surface area (Å²) in [7, 11) is 3.14. The molecular formula is C22H23N5O5S. The fourth-order valence-corrected chi connectivity index (χ4v) is 3.72. The van der Waals surface area contributed by atoms with Crippen molar-refractivity contribution in [2.24, 2.45) is 5.10 Å². The van der Waals surface area contributed by atoms with Crippen LogP contribution in [0.4, 0.5) is 0 Å². The molecule has 3 rings (SSSR count). The molecule has 0 bridgehead atoms. The Morgan fingerprint density at radius 1 is 1.12 bits per heavy atom. The van der Waals surface area contributed by atoms with E-state index < -0.39 is 5.97 Å². The van der Waals surface area contributed by atoms with Crippen LogP contribution in [-0.4, -0.2) is 57.9 Å². The average molecular weight is 470 g/mol. The molecule has 0 unspecified atom stereocenters. The molecule has 2 N–H and O–H groups in total. The number of nitrogens with one attached hydrogen (secondary N) is 1. The first kappa shape index (κ1) is 23.8. The highest BCUT2D eigenvalue weighted by molar-refractivity contribution is 7.99. The normalized spacial score (nSPS) is 10.9. The maximum Gasteiger partial charge on any atom is 0.335 e. The van der Waals surface area contributed by atoms with Crippen LogP contribution < -0.4 is 14.9 Å². The van der Waals surface area contributed by atoms with E-state index in [0.29, 0.717) is 34.6 Å². The smallest absolute Gasteiger partial charge is 0.335 e. The number of aromatic nitrogens is 3. The Labute approximate surface area is 194 Å². The van der Waals surface area contributed by atoms with Crippen LogP contribution in [0.15, 0.2) is 52.7 Å². The van der Waals surface area contributed by atoms with Gasteiger partial charge in [-0.2, -0.15) is 5.10 Å². The van der Waals surface area contributed by atoms with Gasteiger partial charge in [0.15, 0.2) is 22.5 Å². The van der Waals surface area contributed by atoms with E-state index in [4.69, 9.17) is 14.6 Å². The fourth-order valence-electron chi connectivity index (χ4n) is 2.92. The third-order valence-corrected chi connectivity index (χ3v) is 5.53. The first-order chi connectivity index (χ1) is 16.0. The van der Waals surface area contributed by atoms with Gasteiger partial charge in [-0.25, -0.2) is 10.2 Å². The van der Waals surface area contributed by atoms with Gasteiger partial charge in [0.2, 0.25) is 0 Å². The van der Waals surface area contributed by atoms with Gasteiger partial charge in [0.1, 0.15) is 0 Å². The fraction of sp³-hybridized carbons (Fsp3) is 0.227. The Balaban J connectivity index is 1.62. The number of aromatic carboxylic acids is 1. The molecule has 10 nitrogen and oxygen atoms in total. The molecule has 0 aliphatic carbocycles. The van der Waals surface area contributed by atoms with E-state index in [0.717, 1.165) is 5.56 Å². The molecule has 0 aliphatic rings. The summed E-state index contributed by atoms with van der Waals surface area (Å²) in [5.74, 6) is 0.649. The quantitative estimate of drug-likeness (QED) is 0.264. The van der Waals surface area contributed by atoms with E-state index in [1.807, 2.05) is 23.6 Å². The number of rotatable bonds is 10. The van der Waals surface area contributed by atoms with Crippen molar-refractivity contribution in [3.63, 3.8) is 0 Å². The minimum atomic E-state index is -1.00. The summed E-state index contributed by atoms with van der Waals surface area (Å²) in [6.45, 7) is 2.59. The van der Waals surface area contributed by atoms with Crippen molar-refractivity contribution in [1.82, 2.24) is 20.2 Å². The Bertz CT molecular complexity index is 1160. The number of carboxylic acid groups (broad SMARTS) is 1. The Morgan fingerprint density at radius 2 is 1.85 bits per heavy atom. The predicted molar refractivity (Wildman–Crippen MR) is 124 cm³/mol.